The van der Waals surface area contributed by atoms with E-state index in [-0.39, 0.29) is 36.2 Å². The predicted molar refractivity (Wildman–Crippen MR) is 182 cm³/mol. The maximum Gasteiger partial charge on any atom is 0.224 e. The molecule has 0 heterocycles. The highest BCUT2D eigenvalue weighted by Gasteiger charge is 2.37. The van der Waals surface area contributed by atoms with Crippen LogP contribution in [0, 0.1) is 16.6 Å². The third-order valence-electron chi connectivity index (χ3n) is 9.34. The Balaban J connectivity index is 1.23. The zero-order chi connectivity index (χ0) is 33.0. The van der Waals surface area contributed by atoms with Crippen LogP contribution in [0.5, 0.6) is 0 Å². The molecule has 9 heteroatoms. The van der Waals surface area contributed by atoms with Gasteiger partial charge in [0.1, 0.15) is 0 Å². The van der Waals surface area contributed by atoms with E-state index in [0.29, 0.717) is 12.8 Å². The van der Waals surface area contributed by atoms with Gasteiger partial charge in [0.2, 0.25) is 11.8 Å². The fraction of sp³-hybridized carbons (Fsp3) is 0.316. The molecule has 0 aromatic heterocycles. The van der Waals surface area contributed by atoms with Crippen molar-refractivity contribution in [2.75, 3.05) is 11.5 Å². The Labute approximate surface area is 276 Å². The van der Waals surface area contributed by atoms with Crippen LogP contribution in [0.25, 0.3) is 0 Å². The Morgan fingerprint density at radius 2 is 1.00 bits per heavy atom. The molecular formula is C38H41N3O5S. The van der Waals surface area contributed by atoms with Crippen molar-refractivity contribution in [1.82, 2.24) is 10.6 Å². The molecule has 5 N–H and O–H groups in total. The summed E-state index contributed by atoms with van der Waals surface area (Å²) in [7, 11) is -3.47. The lowest BCUT2D eigenvalue weighted by atomic mass is 9.98. The number of aliphatic hydroxyl groups is 2. The summed E-state index contributed by atoms with van der Waals surface area (Å²) in [5.41, 5.74) is 5.38. The van der Waals surface area contributed by atoms with E-state index in [1.165, 1.54) is 0 Å². The lowest BCUT2D eigenvalue weighted by Gasteiger charge is -2.26. The van der Waals surface area contributed by atoms with Crippen molar-refractivity contribution in [3.05, 3.63) is 143 Å². The predicted octanol–water partition coefficient (Wildman–Crippen LogP) is 4.30. The Morgan fingerprint density at radius 1 is 0.638 bits per heavy atom. The molecule has 244 valence electrons. The summed E-state index contributed by atoms with van der Waals surface area (Å²) in [5.74, 6) is -2.91. The van der Waals surface area contributed by atoms with E-state index >= 15 is 0 Å². The second-order valence-corrected chi connectivity index (χ2v) is 15.1. The van der Waals surface area contributed by atoms with Gasteiger partial charge in [0.15, 0.2) is 0 Å². The first-order valence-corrected chi connectivity index (χ1v) is 18.0. The minimum Gasteiger partial charge on any atom is -0.390 e. The molecule has 6 rings (SSSR count). The largest absolute Gasteiger partial charge is 0.390 e. The van der Waals surface area contributed by atoms with Gasteiger partial charge in [-0.3, -0.25) is 14.4 Å². The second kappa shape index (κ2) is 14.2. The number of benzene rings is 4. The third-order valence-corrected chi connectivity index (χ3v) is 11.2. The van der Waals surface area contributed by atoms with E-state index in [9.17, 15) is 24.0 Å². The molecule has 0 aliphatic heterocycles. The molecule has 0 spiro atoms. The number of fused-ring (bicyclic) bond motifs is 2. The SMILES string of the molecule is N=S(=O)(C[C@H](Cc1ccccc1)C(=O)N[C@H]1c2ccccc2C[C@H]1O)C[C@H](Cc1ccccc1)C(=O)N[C@H]1c2ccccc2C[C@H]1O. The van der Waals surface area contributed by atoms with E-state index in [4.69, 9.17) is 4.78 Å². The summed E-state index contributed by atoms with van der Waals surface area (Å²) in [6, 6.07) is 32.8. The molecule has 0 saturated carbocycles. The van der Waals surface area contributed by atoms with Gasteiger partial charge in [-0.05, 0) is 46.2 Å². The number of aliphatic hydroxyl groups excluding tert-OH is 2. The van der Waals surface area contributed by atoms with Gasteiger partial charge < -0.3 is 20.8 Å². The topological polar surface area (TPSA) is 140 Å². The van der Waals surface area contributed by atoms with Gasteiger partial charge in [0, 0.05) is 34.1 Å². The number of carbonyl (C=O) groups excluding carboxylic acids is 2. The van der Waals surface area contributed by atoms with Crippen molar-refractivity contribution in [3.8, 4) is 0 Å². The Morgan fingerprint density at radius 3 is 1.40 bits per heavy atom. The van der Waals surface area contributed by atoms with Crippen molar-refractivity contribution in [1.29, 1.82) is 4.78 Å². The maximum absolute atomic E-state index is 14.2. The number of hydrogen-bond acceptors (Lipinski definition) is 6. The molecule has 0 fully saturated rings. The van der Waals surface area contributed by atoms with Crippen LogP contribution in [0.1, 0.15) is 45.5 Å². The Kier molecular flexibility index (Phi) is 9.87. The lowest BCUT2D eigenvalue weighted by Crippen LogP contribution is -2.43. The smallest absolute Gasteiger partial charge is 0.224 e. The summed E-state index contributed by atoms with van der Waals surface area (Å²) in [5, 5.41) is 27.6. The van der Waals surface area contributed by atoms with Crippen LogP contribution in [-0.2, 0) is 45.0 Å². The minimum atomic E-state index is -3.47. The van der Waals surface area contributed by atoms with Crippen molar-refractivity contribution in [2.24, 2.45) is 11.8 Å². The summed E-state index contributed by atoms with van der Waals surface area (Å²) in [6.45, 7) is 0. The summed E-state index contributed by atoms with van der Waals surface area (Å²) < 4.78 is 23.3. The third kappa shape index (κ3) is 7.81. The van der Waals surface area contributed by atoms with Gasteiger partial charge >= 0.3 is 0 Å². The first-order chi connectivity index (χ1) is 22.7. The van der Waals surface area contributed by atoms with Crippen molar-refractivity contribution < 1.29 is 24.0 Å². The standard InChI is InChI=1S/C38H41N3O5S/c39-47(46,23-29(19-25-11-3-1-4-12-25)37(44)40-35-31-17-9-7-15-27(31)21-33(35)42)24-30(20-26-13-5-2-6-14-26)38(45)41-36-32-18-10-8-16-28(32)22-34(36)43/h1-18,29-30,33-36,39,42-43H,19-24H2,(H,40,44)(H,41,45)/t29-,30-,33+,34+,35-,36-/m0/s1. The van der Waals surface area contributed by atoms with Gasteiger partial charge in [-0.25, -0.2) is 4.21 Å². The van der Waals surface area contributed by atoms with Crippen molar-refractivity contribution >= 4 is 21.5 Å². The molecule has 0 unspecified atom stereocenters. The van der Waals surface area contributed by atoms with Crippen LogP contribution in [0.4, 0.5) is 0 Å². The van der Waals surface area contributed by atoms with Crippen LogP contribution in [0.3, 0.4) is 0 Å². The highest BCUT2D eigenvalue weighted by molar-refractivity contribution is 7.92. The normalized spacial score (nSPS) is 21.3. The Hall–Kier alpha value is -4.31. The molecule has 2 aliphatic rings. The maximum atomic E-state index is 14.2. The molecule has 8 nitrogen and oxygen atoms in total. The van der Waals surface area contributed by atoms with E-state index < -0.39 is 45.9 Å². The van der Waals surface area contributed by atoms with Crippen LogP contribution in [0.15, 0.2) is 109 Å². The fourth-order valence-corrected chi connectivity index (χ4v) is 8.98. The molecule has 0 saturated heterocycles. The van der Waals surface area contributed by atoms with E-state index in [1.54, 1.807) is 0 Å². The average molecular weight is 652 g/mol. The molecule has 6 atom stereocenters. The lowest BCUT2D eigenvalue weighted by molar-refractivity contribution is -0.126. The van der Waals surface area contributed by atoms with Gasteiger partial charge in [-0.2, -0.15) is 0 Å². The number of carbonyl (C=O) groups is 2. The molecule has 2 aliphatic carbocycles. The molecule has 4 aromatic rings. The highest BCUT2D eigenvalue weighted by atomic mass is 32.2. The molecule has 4 aromatic carbocycles. The summed E-state index contributed by atoms with van der Waals surface area (Å²) in [4.78, 5) is 27.8. The van der Waals surface area contributed by atoms with Gasteiger partial charge in [0.25, 0.3) is 0 Å². The number of amides is 2. The fourth-order valence-electron chi connectivity index (χ4n) is 7.01. The minimum absolute atomic E-state index is 0.244. The van der Waals surface area contributed by atoms with Crippen LogP contribution in [-0.4, -0.2) is 49.9 Å². The van der Waals surface area contributed by atoms with Gasteiger partial charge in [0.05, 0.1) is 36.1 Å². The first kappa shape index (κ1) is 32.6. The van der Waals surface area contributed by atoms with Crippen LogP contribution < -0.4 is 10.6 Å². The number of hydrogen-bond donors (Lipinski definition) is 5. The highest BCUT2D eigenvalue weighted by Crippen LogP contribution is 2.33. The monoisotopic (exact) mass is 651 g/mol. The molecule has 47 heavy (non-hydrogen) atoms. The van der Waals surface area contributed by atoms with Crippen molar-refractivity contribution in [3.63, 3.8) is 0 Å². The van der Waals surface area contributed by atoms with Crippen LogP contribution >= 0.6 is 0 Å². The van der Waals surface area contributed by atoms with Gasteiger partial charge in [-0.1, -0.05) is 109 Å². The zero-order valence-electron chi connectivity index (χ0n) is 26.1. The molecular weight excluding hydrogens is 611 g/mol. The molecule has 2 amide bonds. The summed E-state index contributed by atoms with van der Waals surface area (Å²) in [6.07, 6.45) is -0.207. The second-order valence-electron chi connectivity index (χ2n) is 12.8. The van der Waals surface area contributed by atoms with Crippen molar-refractivity contribution in [2.45, 2.75) is 50.0 Å². The quantitative estimate of drug-likeness (QED) is 0.156. The van der Waals surface area contributed by atoms with E-state index in [2.05, 4.69) is 10.6 Å². The molecule has 0 bridgehead atoms. The summed E-state index contributed by atoms with van der Waals surface area (Å²) >= 11 is 0. The van der Waals surface area contributed by atoms with E-state index in [1.807, 2.05) is 109 Å². The number of rotatable bonds is 12. The van der Waals surface area contributed by atoms with E-state index in [0.717, 1.165) is 33.4 Å². The van der Waals surface area contributed by atoms with Gasteiger partial charge in [-0.15, -0.1) is 0 Å². The average Bonchev–Trinajstić information content (AvgIpc) is 3.55. The van der Waals surface area contributed by atoms with Crippen LogP contribution in [0.2, 0.25) is 0 Å². The Bertz CT molecular complexity index is 1690. The zero-order valence-corrected chi connectivity index (χ0v) is 26.9. The molecule has 0 radical (unpaired) electrons. The number of nitrogens with one attached hydrogen (secondary N) is 3. The first-order valence-electron chi connectivity index (χ1n) is 16.1.